The van der Waals surface area contributed by atoms with Crippen LogP contribution in [0.3, 0.4) is 0 Å². The van der Waals surface area contributed by atoms with Crippen LogP contribution in [0.2, 0.25) is 0 Å². The fourth-order valence-corrected chi connectivity index (χ4v) is 3.48. The van der Waals surface area contributed by atoms with Gasteiger partial charge in [-0.25, -0.2) is 0 Å². The molecule has 0 N–H and O–H groups in total. The van der Waals surface area contributed by atoms with Gasteiger partial charge in [-0.3, -0.25) is 9.69 Å². The standard InChI is InChI=1S/C20H26N2O2.ClH/c1-16-17(2)22(20(23)19-11-7-15-24-19)14-13-21(16)12-6-10-18-8-4-3-5-9-18;/h3-5,7-9,11,15-17H,6,10,12-14H2,1-2H3;1H/t16-,17+;/m1./s1. The predicted molar refractivity (Wildman–Crippen MR) is 102 cm³/mol. The van der Waals surface area contributed by atoms with Crippen LogP contribution >= 0.6 is 12.4 Å². The van der Waals surface area contributed by atoms with Gasteiger partial charge in [-0.2, -0.15) is 0 Å². The lowest BCUT2D eigenvalue weighted by atomic mass is 10.0. The Labute approximate surface area is 156 Å². The first-order valence-corrected chi connectivity index (χ1v) is 8.79. The molecule has 1 aromatic carbocycles. The Morgan fingerprint density at radius 3 is 2.52 bits per heavy atom. The maximum atomic E-state index is 12.5. The van der Waals surface area contributed by atoms with Gasteiger partial charge in [-0.05, 0) is 50.9 Å². The Morgan fingerprint density at radius 1 is 1.08 bits per heavy atom. The molecule has 0 radical (unpaired) electrons. The summed E-state index contributed by atoms with van der Waals surface area (Å²) >= 11 is 0. The molecule has 1 aliphatic heterocycles. The zero-order valence-electron chi connectivity index (χ0n) is 14.9. The Kier molecular flexibility index (Phi) is 7.09. The normalized spacial score (nSPS) is 21.0. The summed E-state index contributed by atoms with van der Waals surface area (Å²) in [5, 5.41) is 0. The van der Waals surface area contributed by atoms with E-state index in [-0.39, 0.29) is 24.4 Å². The largest absolute Gasteiger partial charge is 0.459 e. The van der Waals surface area contributed by atoms with Crippen molar-refractivity contribution in [2.24, 2.45) is 0 Å². The van der Waals surface area contributed by atoms with Crippen LogP contribution in [-0.4, -0.2) is 47.4 Å². The second-order valence-corrected chi connectivity index (χ2v) is 6.58. The minimum Gasteiger partial charge on any atom is -0.459 e. The minimum atomic E-state index is 0. The lowest BCUT2D eigenvalue weighted by molar-refractivity contribution is 0.0253. The Bertz CT molecular complexity index is 645. The summed E-state index contributed by atoms with van der Waals surface area (Å²) < 4.78 is 5.27. The van der Waals surface area contributed by atoms with Crippen molar-refractivity contribution in [2.45, 2.75) is 38.8 Å². The van der Waals surface area contributed by atoms with Crippen molar-refractivity contribution in [3.05, 3.63) is 60.1 Å². The SMILES string of the molecule is C[C@@H]1[C@H](C)N(C(=O)c2ccco2)CCN1CCCc1ccccc1.Cl. The number of piperazine rings is 1. The van der Waals surface area contributed by atoms with Crippen LogP contribution in [-0.2, 0) is 6.42 Å². The average Bonchev–Trinajstić information content (AvgIpc) is 3.14. The molecule has 2 heterocycles. The van der Waals surface area contributed by atoms with Crippen molar-refractivity contribution in [1.29, 1.82) is 0 Å². The van der Waals surface area contributed by atoms with Crippen molar-refractivity contribution < 1.29 is 9.21 Å². The number of benzene rings is 1. The van der Waals surface area contributed by atoms with E-state index in [9.17, 15) is 4.79 Å². The summed E-state index contributed by atoms with van der Waals surface area (Å²) in [5.41, 5.74) is 1.39. The molecule has 5 heteroatoms. The maximum Gasteiger partial charge on any atom is 0.289 e. The number of hydrogen-bond donors (Lipinski definition) is 0. The van der Waals surface area contributed by atoms with E-state index >= 15 is 0 Å². The maximum absolute atomic E-state index is 12.5. The number of amides is 1. The lowest BCUT2D eigenvalue weighted by Gasteiger charge is -2.44. The van der Waals surface area contributed by atoms with E-state index in [1.54, 1.807) is 18.4 Å². The number of nitrogens with zero attached hydrogens (tertiary/aromatic N) is 2. The van der Waals surface area contributed by atoms with Crippen molar-refractivity contribution in [3.63, 3.8) is 0 Å². The molecule has 4 nitrogen and oxygen atoms in total. The molecule has 0 bridgehead atoms. The zero-order valence-corrected chi connectivity index (χ0v) is 15.7. The highest BCUT2D eigenvalue weighted by Crippen LogP contribution is 2.20. The number of aryl methyl sites for hydroxylation is 1. The Balaban J connectivity index is 0.00000225. The molecule has 25 heavy (non-hydrogen) atoms. The van der Waals surface area contributed by atoms with Gasteiger partial charge < -0.3 is 9.32 Å². The van der Waals surface area contributed by atoms with Crippen LogP contribution in [0.1, 0.15) is 36.4 Å². The fraction of sp³-hybridized carbons (Fsp3) is 0.450. The first-order chi connectivity index (χ1) is 11.7. The zero-order chi connectivity index (χ0) is 16.9. The molecule has 0 aliphatic carbocycles. The summed E-state index contributed by atoms with van der Waals surface area (Å²) in [4.78, 5) is 17.0. The average molecular weight is 363 g/mol. The van der Waals surface area contributed by atoms with E-state index in [1.165, 1.54) is 5.56 Å². The van der Waals surface area contributed by atoms with E-state index < -0.39 is 0 Å². The molecule has 0 unspecified atom stereocenters. The highest BCUT2D eigenvalue weighted by Gasteiger charge is 2.34. The van der Waals surface area contributed by atoms with Crippen LogP contribution < -0.4 is 0 Å². The van der Waals surface area contributed by atoms with E-state index in [4.69, 9.17) is 4.42 Å². The summed E-state index contributed by atoms with van der Waals surface area (Å²) in [6, 6.07) is 14.7. The summed E-state index contributed by atoms with van der Waals surface area (Å²) in [7, 11) is 0. The van der Waals surface area contributed by atoms with Crippen LogP contribution in [0.15, 0.2) is 53.1 Å². The molecular weight excluding hydrogens is 336 g/mol. The summed E-state index contributed by atoms with van der Waals surface area (Å²) in [6.45, 7) is 7.11. The van der Waals surface area contributed by atoms with Crippen LogP contribution in [0.25, 0.3) is 0 Å². The van der Waals surface area contributed by atoms with Gasteiger partial charge in [0.15, 0.2) is 5.76 Å². The van der Waals surface area contributed by atoms with Gasteiger partial charge in [-0.15, -0.1) is 12.4 Å². The predicted octanol–water partition coefficient (Wildman–Crippen LogP) is 3.87. The molecule has 1 saturated heterocycles. The highest BCUT2D eigenvalue weighted by molar-refractivity contribution is 5.91. The van der Waals surface area contributed by atoms with Crippen LogP contribution in [0, 0.1) is 0 Å². The van der Waals surface area contributed by atoms with Gasteiger partial charge in [0.1, 0.15) is 0 Å². The minimum absolute atomic E-state index is 0. The molecule has 0 saturated carbocycles. The van der Waals surface area contributed by atoms with Gasteiger partial charge in [0.05, 0.1) is 6.26 Å². The number of carbonyl (C=O) groups excluding carboxylic acids is 1. The molecular formula is C20H27ClN2O2. The molecule has 3 rings (SSSR count). The van der Waals surface area contributed by atoms with Gasteiger partial charge in [0.2, 0.25) is 0 Å². The van der Waals surface area contributed by atoms with Crippen LogP contribution in [0.5, 0.6) is 0 Å². The Morgan fingerprint density at radius 2 is 1.84 bits per heavy atom. The van der Waals surface area contributed by atoms with E-state index in [1.807, 2.05) is 4.90 Å². The quantitative estimate of drug-likeness (QED) is 0.810. The fourth-order valence-electron chi connectivity index (χ4n) is 3.48. The first-order valence-electron chi connectivity index (χ1n) is 8.79. The third-order valence-corrected chi connectivity index (χ3v) is 5.14. The first kappa shape index (κ1) is 19.5. The van der Waals surface area contributed by atoms with Gasteiger partial charge in [0, 0.05) is 25.2 Å². The van der Waals surface area contributed by atoms with Crippen LogP contribution in [0.4, 0.5) is 0 Å². The van der Waals surface area contributed by atoms with E-state index in [0.717, 1.165) is 32.5 Å². The molecule has 136 valence electrons. The Hall–Kier alpha value is -1.78. The molecule has 2 aromatic rings. The molecule has 0 spiro atoms. The van der Waals surface area contributed by atoms with Gasteiger partial charge in [0.25, 0.3) is 5.91 Å². The van der Waals surface area contributed by atoms with Crippen molar-refractivity contribution in [2.75, 3.05) is 19.6 Å². The number of furan rings is 1. The van der Waals surface area contributed by atoms with Crippen molar-refractivity contribution in [3.8, 4) is 0 Å². The smallest absolute Gasteiger partial charge is 0.289 e. The van der Waals surface area contributed by atoms with Crippen molar-refractivity contribution in [1.82, 2.24) is 9.80 Å². The van der Waals surface area contributed by atoms with E-state index in [2.05, 4.69) is 49.1 Å². The molecule has 1 aromatic heterocycles. The second kappa shape index (κ2) is 9.07. The monoisotopic (exact) mass is 362 g/mol. The van der Waals surface area contributed by atoms with Gasteiger partial charge >= 0.3 is 0 Å². The number of carbonyl (C=O) groups is 1. The topological polar surface area (TPSA) is 36.7 Å². The number of halogens is 1. The summed E-state index contributed by atoms with van der Waals surface area (Å²) in [6.07, 6.45) is 3.81. The number of hydrogen-bond acceptors (Lipinski definition) is 3. The summed E-state index contributed by atoms with van der Waals surface area (Å²) in [5.74, 6) is 0.440. The van der Waals surface area contributed by atoms with E-state index in [0.29, 0.717) is 11.8 Å². The lowest BCUT2D eigenvalue weighted by Crippen LogP contribution is -2.58. The highest BCUT2D eigenvalue weighted by atomic mass is 35.5. The van der Waals surface area contributed by atoms with Crippen molar-refractivity contribution >= 4 is 18.3 Å². The molecule has 2 atom stereocenters. The molecule has 1 aliphatic rings. The number of rotatable bonds is 5. The van der Waals surface area contributed by atoms with Gasteiger partial charge in [-0.1, -0.05) is 30.3 Å². The second-order valence-electron chi connectivity index (χ2n) is 6.58. The third-order valence-electron chi connectivity index (χ3n) is 5.14. The molecule has 1 amide bonds. The third kappa shape index (κ3) is 4.65. The molecule has 1 fully saturated rings.